The first-order valence-electron chi connectivity index (χ1n) is 14.3. The number of ether oxygens (including phenoxy) is 4. The van der Waals surface area contributed by atoms with Crippen molar-refractivity contribution in [3.63, 3.8) is 0 Å². The topological polar surface area (TPSA) is 137 Å². The lowest BCUT2D eigenvalue weighted by Gasteiger charge is -2.32. The maximum absolute atomic E-state index is 14.2. The summed E-state index contributed by atoms with van der Waals surface area (Å²) in [5.41, 5.74) is 2.57. The molecule has 1 aromatic heterocycles. The fraction of sp³-hybridized carbons (Fsp3) is 0.355. The first kappa shape index (κ1) is 28.3. The summed E-state index contributed by atoms with van der Waals surface area (Å²) in [6.45, 7) is 3.11. The smallest absolute Gasteiger partial charge is 0.247 e. The van der Waals surface area contributed by atoms with Crippen molar-refractivity contribution in [3.05, 3.63) is 71.8 Å². The van der Waals surface area contributed by atoms with E-state index in [-0.39, 0.29) is 49.3 Å². The van der Waals surface area contributed by atoms with Crippen LogP contribution in [0.2, 0.25) is 0 Å². The molecule has 12 nitrogen and oxygen atoms in total. The summed E-state index contributed by atoms with van der Waals surface area (Å²) in [5, 5.41) is 21.8. The molecule has 2 amide bonds. The Kier molecular flexibility index (Phi) is 8.27. The number of aromatic nitrogens is 3. The number of nitrogens with zero attached hydrogens (tertiary/aromatic N) is 4. The van der Waals surface area contributed by atoms with Crippen molar-refractivity contribution in [2.24, 2.45) is 0 Å². The third-order valence-electron chi connectivity index (χ3n) is 7.50. The van der Waals surface area contributed by atoms with Gasteiger partial charge < -0.3 is 34.3 Å². The number of phenolic OH excluding ortho intramolecular Hbond substituents is 1. The van der Waals surface area contributed by atoms with Gasteiger partial charge in [-0.25, -0.2) is 4.68 Å². The number of benzene rings is 3. The van der Waals surface area contributed by atoms with Gasteiger partial charge in [0, 0.05) is 19.7 Å². The molecule has 2 aliphatic heterocycles. The van der Waals surface area contributed by atoms with E-state index in [0.29, 0.717) is 47.9 Å². The number of aromatic hydroxyl groups is 1. The number of phenols is 1. The molecule has 43 heavy (non-hydrogen) atoms. The van der Waals surface area contributed by atoms with E-state index < -0.39 is 6.04 Å². The molecule has 2 atom stereocenters. The van der Waals surface area contributed by atoms with Crippen molar-refractivity contribution in [1.29, 1.82) is 0 Å². The molecule has 2 unspecified atom stereocenters. The number of para-hydroxylation sites is 1. The summed E-state index contributed by atoms with van der Waals surface area (Å²) < 4.78 is 23.9. The summed E-state index contributed by atoms with van der Waals surface area (Å²) in [4.78, 5) is 29.8. The number of carbonyl (C=O) groups excluding carboxylic acids is 2. The summed E-state index contributed by atoms with van der Waals surface area (Å²) in [6.07, 6.45) is 1.68. The molecule has 0 radical (unpaired) electrons. The highest BCUT2D eigenvalue weighted by molar-refractivity contribution is 5.89. The van der Waals surface area contributed by atoms with E-state index in [1.54, 1.807) is 31.2 Å². The minimum atomic E-state index is -1.08. The fourth-order valence-corrected chi connectivity index (χ4v) is 5.37. The Morgan fingerprint density at radius 1 is 1.14 bits per heavy atom. The Balaban J connectivity index is 1.38. The van der Waals surface area contributed by atoms with Crippen LogP contribution in [-0.2, 0) is 27.4 Å². The number of fused-ring (bicyclic) bond motifs is 2. The first-order chi connectivity index (χ1) is 21.0. The van der Waals surface area contributed by atoms with Gasteiger partial charge in [0.05, 0.1) is 18.2 Å². The molecule has 12 heteroatoms. The van der Waals surface area contributed by atoms with Gasteiger partial charge in [-0.3, -0.25) is 9.59 Å². The lowest BCUT2D eigenvalue weighted by atomic mass is 10.0. The van der Waals surface area contributed by atoms with Crippen molar-refractivity contribution in [2.45, 2.75) is 45.0 Å². The average molecular weight is 588 g/mol. The van der Waals surface area contributed by atoms with Gasteiger partial charge in [0.15, 0.2) is 23.0 Å². The zero-order valence-corrected chi connectivity index (χ0v) is 23.8. The Bertz CT molecular complexity index is 1620. The van der Waals surface area contributed by atoms with Gasteiger partial charge in [-0.1, -0.05) is 29.5 Å². The summed E-state index contributed by atoms with van der Waals surface area (Å²) in [5.74, 6) is 0.579. The molecule has 0 bridgehead atoms. The van der Waals surface area contributed by atoms with Gasteiger partial charge in [-0.15, -0.1) is 5.10 Å². The van der Waals surface area contributed by atoms with Crippen molar-refractivity contribution in [1.82, 2.24) is 25.2 Å². The third-order valence-corrected chi connectivity index (χ3v) is 7.50. The second-order valence-electron chi connectivity index (χ2n) is 10.4. The lowest BCUT2D eigenvalue weighted by Crippen LogP contribution is -2.46. The van der Waals surface area contributed by atoms with Crippen LogP contribution in [-0.4, -0.2) is 69.5 Å². The molecule has 0 spiro atoms. The Morgan fingerprint density at radius 3 is 2.84 bits per heavy atom. The molecule has 224 valence electrons. The second kappa shape index (κ2) is 12.6. The quantitative estimate of drug-likeness (QED) is 0.271. The van der Waals surface area contributed by atoms with Crippen LogP contribution in [0.5, 0.6) is 23.0 Å². The summed E-state index contributed by atoms with van der Waals surface area (Å²) >= 11 is 0. The van der Waals surface area contributed by atoms with Gasteiger partial charge >= 0.3 is 0 Å². The van der Waals surface area contributed by atoms with Gasteiger partial charge in [0.2, 0.25) is 18.6 Å². The molecule has 4 aromatic rings. The largest absolute Gasteiger partial charge is 0.504 e. The average Bonchev–Trinajstić information content (AvgIpc) is 3.79. The Morgan fingerprint density at radius 2 is 2.00 bits per heavy atom. The van der Waals surface area contributed by atoms with E-state index in [2.05, 4.69) is 15.6 Å². The number of hydrogen-bond acceptors (Lipinski definition) is 9. The molecule has 0 aliphatic carbocycles. The van der Waals surface area contributed by atoms with Crippen LogP contribution in [0.25, 0.3) is 11.0 Å². The van der Waals surface area contributed by atoms with E-state index in [1.165, 1.54) is 15.6 Å². The minimum Gasteiger partial charge on any atom is -0.504 e. The SMILES string of the molecule is CCOc1cc(C(C(=O)NCC2CCCO2)N(Cc2ccc3c(c2)OCO3)C(=O)Cn2nnc3ccccc32)ccc1O. The molecule has 2 N–H and O–H groups in total. The molecular formula is C31H33N5O7. The molecule has 3 aromatic carbocycles. The maximum Gasteiger partial charge on any atom is 0.247 e. The van der Waals surface area contributed by atoms with E-state index in [4.69, 9.17) is 18.9 Å². The van der Waals surface area contributed by atoms with Crippen LogP contribution >= 0.6 is 0 Å². The molecule has 1 fully saturated rings. The minimum absolute atomic E-state index is 0.0631. The predicted octanol–water partition coefficient (Wildman–Crippen LogP) is 3.33. The third kappa shape index (κ3) is 6.19. The summed E-state index contributed by atoms with van der Waals surface area (Å²) in [6, 6.07) is 16.4. The van der Waals surface area contributed by atoms with Crippen LogP contribution in [0.3, 0.4) is 0 Å². The van der Waals surface area contributed by atoms with Gasteiger partial charge in [-0.05, 0) is 67.3 Å². The molecule has 1 saturated heterocycles. The highest BCUT2D eigenvalue weighted by Crippen LogP contribution is 2.36. The van der Waals surface area contributed by atoms with Gasteiger partial charge in [-0.2, -0.15) is 0 Å². The van der Waals surface area contributed by atoms with E-state index in [9.17, 15) is 14.7 Å². The Labute approximate surface area is 248 Å². The van der Waals surface area contributed by atoms with Crippen LogP contribution < -0.4 is 19.5 Å². The fourth-order valence-electron chi connectivity index (χ4n) is 5.37. The zero-order valence-electron chi connectivity index (χ0n) is 23.8. The number of nitrogens with one attached hydrogen (secondary N) is 1. The number of amides is 2. The first-order valence-corrected chi connectivity index (χ1v) is 14.3. The number of hydrogen-bond donors (Lipinski definition) is 2. The second-order valence-corrected chi connectivity index (χ2v) is 10.4. The highest BCUT2D eigenvalue weighted by atomic mass is 16.7. The van der Waals surface area contributed by atoms with Gasteiger partial charge in [0.25, 0.3) is 0 Å². The monoisotopic (exact) mass is 587 g/mol. The standard InChI is InChI=1S/C31H33N5O7/c1-2-40-27-15-21(10-11-25(27)37)30(31(39)32-16-22-6-5-13-41-22)35(17-20-9-12-26-28(14-20)43-19-42-26)29(38)18-36-24-8-4-3-7-23(24)33-34-36/h3-4,7-12,14-15,22,30,37H,2,5-6,13,16-19H2,1H3,(H,32,39). The van der Waals surface area contributed by atoms with Crippen LogP contribution in [0.4, 0.5) is 0 Å². The molecule has 0 saturated carbocycles. The zero-order chi connectivity index (χ0) is 29.8. The molecule has 6 rings (SSSR count). The number of carbonyl (C=O) groups is 2. The van der Waals surface area contributed by atoms with E-state index in [0.717, 1.165) is 18.4 Å². The highest BCUT2D eigenvalue weighted by Gasteiger charge is 2.34. The van der Waals surface area contributed by atoms with Crippen LogP contribution in [0.15, 0.2) is 60.7 Å². The van der Waals surface area contributed by atoms with Crippen molar-refractivity contribution in [2.75, 3.05) is 26.6 Å². The van der Waals surface area contributed by atoms with Crippen molar-refractivity contribution in [3.8, 4) is 23.0 Å². The molecule has 3 heterocycles. The van der Waals surface area contributed by atoms with Crippen molar-refractivity contribution < 1.29 is 33.6 Å². The Hall–Kier alpha value is -4.84. The molecule has 2 aliphatic rings. The number of rotatable bonds is 11. The predicted molar refractivity (Wildman–Crippen MR) is 155 cm³/mol. The van der Waals surface area contributed by atoms with E-state index in [1.807, 2.05) is 30.3 Å². The van der Waals surface area contributed by atoms with Crippen LogP contribution in [0.1, 0.15) is 36.9 Å². The summed E-state index contributed by atoms with van der Waals surface area (Å²) in [7, 11) is 0. The van der Waals surface area contributed by atoms with Crippen LogP contribution in [0, 0.1) is 0 Å². The lowest BCUT2D eigenvalue weighted by molar-refractivity contribution is -0.142. The van der Waals surface area contributed by atoms with Gasteiger partial charge in [0.1, 0.15) is 18.1 Å². The van der Waals surface area contributed by atoms with Crippen molar-refractivity contribution >= 4 is 22.8 Å². The van der Waals surface area contributed by atoms with E-state index >= 15 is 0 Å². The maximum atomic E-state index is 14.2. The molecular weight excluding hydrogens is 554 g/mol. The normalized spacial score (nSPS) is 16.3.